The van der Waals surface area contributed by atoms with Gasteiger partial charge in [-0.25, -0.2) is 0 Å². The average molecular weight is 395 g/mol. The Morgan fingerprint density at radius 1 is 1.14 bits per heavy atom. The second-order valence-corrected chi connectivity index (χ2v) is 8.82. The number of rotatable bonds is 4. The Morgan fingerprint density at radius 3 is 2.27 bits per heavy atom. The molecule has 0 radical (unpaired) electrons. The van der Waals surface area contributed by atoms with Crippen molar-refractivity contribution in [1.29, 1.82) is 0 Å². The predicted octanol–water partition coefficient (Wildman–Crippen LogP) is 5.25. The summed E-state index contributed by atoms with van der Waals surface area (Å²) in [4.78, 5) is 0. The summed E-state index contributed by atoms with van der Waals surface area (Å²) in [5.74, 6) is -0.0348. The van der Waals surface area contributed by atoms with Crippen LogP contribution in [0.5, 0.6) is 5.75 Å². The molecule has 0 amide bonds. The third-order valence-electron chi connectivity index (χ3n) is 2.77. The normalized spacial score (nSPS) is 12.5. The van der Waals surface area contributed by atoms with E-state index < -0.39 is 24.6 Å². The van der Waals surface area contributed by atoms with Gasteiger partial charge in [0, 0.05) is 7.11 Å². The van der Waals surface area contributed by atoms with Gasteiger partial charge in [0.25, 0.3) is 0 Å². The van der Waals surface area contributed by atoms with Gasteiger partial charge in [-0.3, -0.25) is 0 Å². The number of hydrogen-bond donors (Lipinski definition) is 1. The summed E-state index contributed by atoms with van der Waals surface area (Å²) in [7, 11) is 7.64. The molecule has 1 unspecified atom stereocenters. The van der Waals surface area contributed by atoms with E-state index in [4.69, 9.17) is 23.1 Å². The van der Waals surface area contributed by atoms with E-state index >= 15 is 0 Å². The Morgan fingerprint density at radius 2 is 1.73 bits per heavy atom. The van der Waals surface area contributed by atoms with Crippen LogP contribution in [0.3, 0.4) is 0 Å². The third-order valence-corrected chi connectivity index (χ3v) is 4.73. The number of phenols is 1. The molecule has 0 bridgehead atoms. The molecule has 118 valence electrons. The molecule has 0 spiro atoms. The second-order valence-electron chi connectivity index (χ2n) is 4.15. The first-order valence-electron chi connectivity index (χ1n) is 6.18. The summed E-state index contributed by atoms with van der Waals surface area (Å²) in [6.45, 7) is 1.74. The first-order chi connectivity index (χ1) is 10.5. The van der Waals surface area contributed by atoms with E-state index in [1.165, 1.54) is 7.11 Å². The number of halogens is 2. The average Bonchev–Trinajstić information content (AvgIpc) is 2.51. The van der Waals surface area contributed by atoms with Gasteiger partial charge in [-0.05, 0) is 18.6 Å². The number of aromatic hydroxyl groups is 1. The van der Waals surface area contributed by atoms with E-state index in [-0.39, 0.29) is 11.1 Å². The van der Waals surface area contributed by atoms with Gasteiger partial charge in [0.2, 0.25) is 0 Å². The van der Waals surface area contributed by atoms with Crippen molar-refractivity contribution in [2.45, 2.75) is 6.92 Å². The summed E-state index contributed by atoms with van der Waals surface area (Å²) in [5.41, 5.74) is 1.19. The van der Waals surface area contributed by atoms with Crippen LogP contribution in [-0.4, -0.2) is 12.2 Å². The molecule has 0 aromatic heterocycles. The zero-order valence-electron chi connectivity index (χ0n) is 12.0. The van der Waals surface area contributed by atoms with Crippen molar-refractivity contribution in [3.63, 3.8) is 0 Å². The van der Waals surface area contributed by atoms with Crippen LogP contribution >= 0.6 is 26.1 Å². The van der Waals surface area contributed by atoms with Gasteiger partial charge in [0.15, 0.2) is 7.52 Å². The predicted molar refractivity (Wildman–Crippen MR) is 88.3 cm³/mol. The minimum atomic E-state index is -3.46. The maximum absolute atomic E-state index is 12.8. The van der Waals surface area contributed by atoms with E-state index in [0.29, 0.717) is 11.3 Å². The molecule has 2 aromatic carbocycles. The summed E-state index contributed by atoms with van der Waals surface area (Å²) in [5, 5.41) is 14.4. The van der Waals surface area contributed by atoms with Gasteiger partial charge < -0.3 is 19.3 Å². The zero-order valence-corrected chi connectivity index (χ0v) is 16.0. The first-order valence-corrected chi connectivity index (χ1v) is 12.1. The number of benzene rings is 2. The van der Waals surface area contributed by atoms with Crippen LogP contribution in [0.15, 0.2) is 48.5 Å². The topological polar surface area (TPSA) is 60.6 Å². The van der Waals surface area contributed by atoms with Gasteiger partial charge in [-0.2, -0.15) is 0 Å². The quantitative estimate of drug-likeness (QED) is 0.569. The van der Waals surface area contributed by atoms with E-state index in [9.17, 15) is 9.67 Å². The van der Waals surface area contributed by atoms with E-state index in [0.717, 1.165) is 0 Å². The fourth-order valence-electron chi connectivity index (χ4n) is 1.71. The summed E-state index contributed by atoms with van der Waals surface area (Å²) in [6.07, 6.45) is 0. The Balaban J connectivity index is 0.000000745. The van der Waals surface area contributed by atoms with Gasteiger partial charge >= 0.3 is 35.6 Å². The molecule has 0 heterocycles. The van der Waals surface area contributed by atoms with Crippen molar-refractivity contribution >= 4 is 37.1 Å². The van der Waals surface area contributed by atoms with Crippen molar-refractivity contribution < 1.29 is 31.2 Å². The van der Waals surface area contributed by atoms with E-state index in [2.05, 4.69) is 5.09 Å². The zero-order chi connectivity index (χ0) is 16.6. The molecular formula is C14H15Cl2NO3PTi-. The molecule has 1 N–H and O–H groups in total. The monoisotopic (exact) mass is 394 g/mol. The van der Waals surface area contributed by atoms with Gasteiger partial charge in [0.1, 0.15) is 5.75 Å². The molecule has 0 saturated heterocycles. The van der Waals surface area contributed by atoms with Crippen LogP contribution in [0, 0.1) is 6.92 Å². The molecule has 0 aliphatic carbocycles. The fraction of sp³-hybridized carbons (Fsp3) is 0.143. The molecule has 2 rings (SSSR count). The molecule has 1 atom stereocenters. The maximum atomic E-state index is 12.8. The van der Waals surface area contributed by atoms with E-state index in [1.54, 1.807) is 49.4 Å². The number of phenolic OH excluding ortho intramolecular Hbond substituents is 1. The van der Waals surface area contributed by atoms with Gasteiger partial charge in [0.05, 0.1) is 5.30 Å². The molecule has 4 nitrogen and oxygen atoms in total. The van der Waals surface area contributed by atoms with Crippen molar-refractivity contribution in [2.24, 2.45) is 0 Å². The molecule has 0 aliphatic heterocycles. The van der Waals surface area contributed by atoms with Crippen LogP contribution in [0.4, 0.5) is 5.69 Å². The molecular weight excluding hydrogens is 380 g/mol. The van der Waals surface area contributed by atoms with Crippen molar-refractivity contribution in [3.05, 3.63) is 59.2 Å². The summed E-state index contributed by atoms with van der Waals surface area (Å²) < 4.78 is 17.9. The SMILES string of the molecule is COP(=O)([N-]c1ccccc1)c1cccc(C)c1O.[Cl][Ti][Cl]. The Labute approximate surface area is 147 Å². The molecule has 0 fully saturated rings. The number of hydrogen-bond acceptors (Lipinski definition) is 3. The standard InChI is InChI=1S/C14H15NO3P.2ClH.Ti/c1-11-7-6-10-13(14(11)16)19(17,18-2)15-12-8-4-3-5-9-12;;;/h3-10H,1-2H3,(H-,15,16,17);2*1H;/q-1;;;+2/p-2. The number of aryl methyl sites for hydroxylation is 1. The summed E-state index contributed by atoms with van der Waals surface area (Å²) in [6, 6.07) is 13.9. The van der Waals surface area contributed by atoms with Crippen molar-refractivity contribution in [2.75, 3.05) is 7.11 Å². The van der Waals surface area contributed by atoms with Crippen LogP contribution in [-0.2, 0) is 26.1 Å². The van der Waals surface area contributed by atoms with Crippen LogP contribution in [0.25, 0.3) is 5.09 Å². The van der Waals surface area contributed by atoms with Gasteiger partial charge in [-0.1, -0.05) is 42.5 Å². The molecule has 22 heavy (non-hydrogen) atoms. The Bertz CT molecular complexity index is 643. The second kappa shape index (κ2) is 9.62. The van der Waals surface area contributed by atoms with Crippen molar-refractivity contribution in [3.8, 4) is 5.75 Å². The Kier molecular flexibility index (Phi) is 8.55. The number of nitrogens with zero attached hydrogens (tertiary/aromatic N) is 1. The molecule has 0 saturated carbocycles. The van der Waals surface area contributed by atoms with Crippen LogP contribution in [0.1, 0.15) is 5.56 Å². The van der Waals surface area contributed by atoms with Crippen LogP contribution in [0.2, 0.25) is 0 Å². The molecule has 8 heteroatoms. The van der Waals surface area contributed by atoms with Gasteiger partial charge in [-0.15, -0.1) is 5.69 Å². The molecule has 0 aliphatic rings. The van der Waals surface area contributed by atoms with Crippen LogP contribution < -0.4 is 5.30 Å². The fourth-order valence-corrected chi connectivity index (χ4v) is 3.25. The third kappa shape index (κ3) is 5.31. The Hall–Kier alpha value is -0.476. The van der Waals surface area contributed by atoms with Crippen molar-refractivity contribution in [1.82, 2.24) is 0 Å². The number of para-hydroxylation sites is 1. The minimum absolute atomic E-state index is 0.0348. The summed E-state index contributed by atoms with van der Waals surface area (Å²) >= 11 is -0.556. The van der Waals surface area contributed by atoms with E-state index in [1.807, 2.05) is 6.07 Å². The molecule has 2 aromatic rings. The first kappa shape index (κ1) is 19.6.